The first-order valence-electron chi connectivity index (χ1n) is 11.6. The van der Waals surface area contributed by atoms with Gasteiger partial charge in [0.2, 0.25) is 0 Å². The van der Waals surface area contributed by atoms with Crippen molar-refractivity contribution in [2.45, 2.75) is 45.3 Å². The summed E-state index contributed by atoms with van der Waals surface area (Å²) in [6.45, 7) is 7.53. The van der Waals surface area contributed by atoms with Gasteiger partial charge in [-0.1, -0.05) is 26.0 Å². The molecular formula is C27H35F2N3O2S. The first kappa shape index (κ1) is 28.2. The largest absolute Gasteiger partial charge is 0.497 e. The zero-order valence-electron chi connectivity index (χ0n) is 21.4. The first-order valence-corrected chi connectivity index (χ1v) is 12.4. The molecule has 190 valence electrons. The van der Waals surface area contributed by atoms with Crippen LogP contribution in [0.3, 0.4) is 0 Å². The average Bonchev–Trinajstić information content (AvgIpc) is 3.61. The number of aldehydes is 1. The summed E-state index contributed by atoms with van der Waals surface area (Å²) in [5, 5.41) is 3.29. The van der Waals surface area contributed by atoms with Gasteiger partial charge in [-0.25, -0.2) is 8.78 Å². The normalized spacial score (nSPS) is 17.5. The third-order valence-electron chi connectivity index (χ3n) is 5.30. The summed E-state index contributed by atoms with van der Waals surface area (Å²) < 4.78 is 37.3. The zero-order valence-corrected chi connectivity index (χ0v) is 22.2. The van der Waals surface area contributed by atoms with Gasteiger partial charge < -0.3 is 19.7 Å². The Labute approximate surface area is 211 Å². The molecule has 0 amide bonds. The van der Waals surface area contributed by atoms with Gasteiger partial charge in [0.05, 0.1) is 18.5 Å². The minimum atomic E-state index is -0.366. The number of allylic oxidation sites excluding steroid dienone is 2. The van der Waals surface area contributed by atoms with Gasteiger partial charge in [0.25, 0.3) is 0 Å². The molecule has 1 saturated carbocycles. The monoisotopic (exact) mass is 503 g/mol. The molecule has 1 aliphatic carbocycles. The summed E-state index contributed by atoms with van der Waals surface area (Å²) in [6, 6.07) is 9.89. The van der Waals surface area contributed by atoms with Gasteiger partial charge in [-0.05, 0) is 73.2 Å². The maximum Gasteiger partial charge on any atom is 0.146 e. The van der Waals surface area contributed by atoms with E-state index >= 15 is 0 Å². The fourth-order valence-corrected chi connectivity index (χ4v) is 4.43. The van der Waals surface area contributed by atoms with Crippen LogP contribution in [0.1, 0.15) is 44.2 Å². The fourth-order valence-electron chi connectivity index (χ4n) is 3.38. The number of nitrogens with zero attached hydrogens (tertiary/aromatic N) is 1. The van der Waals surface area contributed by atoms with E-state index in [2.05, 4.69) is 10.0 Å². The van der Waals surface area contributed by atoms with Gasteiger partial charge in [0.1, 0.15) is 29.5 Å². The lowest BCUT2D eigenvalue weighted by molar-refractivity contribution is -0.104. The Kier molecular flexibility index (Phi) is 10.6. The minimum Gasteiger partial charge on any atom is -0.497 e. The molecule has 0 aromatic heterocycles. The quantitative estimate of drug-likeness (QED) is 0.170. The molecule has 2 aromatic carbocycles. The number of anilines is 1. The number of benzene rings is 2. The number of carbonyl (C=O) groups is 1. The van der Waals surface area contributed by atoms with Crippen molar-refractivity contribution in [3.05, 3.63) is 82.3 Å². The van der Waals surface area contributed by atoms with E-state index in [4.69, 9.17) is 4.74 Å². The summed E-state index contributed by atoms with van der Waals surface area (Å²) in [7, 11) is 5.17. The minimum absolute atomic E-state index is 0.0797. The standard InChI is InChI=1S/C25H29F2N3O2S.C2H6/c1-15-6-9-22(21(27)10-15)28-25(30(3)4)23(11-16(2)14-31)29-33-24-13-19(24)18-8-7-17(32-5)12-20(18)26;1-2/h6-12,14,19,24,28-29H,13H2,1-5H3;1-2H3/b16-11-,25-23+;. The van der Waals surface area contributed by atoms with Crippen LogP contribution in [-0.2, 0) is 4.79 Å². The van der Waals surface area contributed by atoms with Crippen LogP contribution in [0, 0.1) is 18.6 Å². The Bertz CT molecular complexity index is 1090. The van der Waals surface area contributed by atoms with Crippen molar-refractivity contribution in [3.63, 3.8) is 0 Å². The van der Waals surface area contributed by atoms with Crippen LogP contribution in [0.5, 0.6) is 5.75 Å². The molecule has 2 unspecified atom stereocenters. The molecule has 1 fully saturated rings. The summed E-state index contributed by atoms with van der Waals surface area (Å²) in [6.07, 6.45) is 3.29. The molecule has 5 nitrogen and oxygen atoms in total. The van der Waals surface area contributed by atoms with E-state index in [1.54, 1.807) is 31.2 Å². The highest BCUT2D eigenvalue weighted by Crippen LogP contribution is 2.49. The third-order valence-corrected chi connectivity index (χ3v) is 6.46. The number of ether oxygens (including phenoxy) is 1. The number of halogens is 2. The molecule has 8 heteroatoms. The molecule has 2 N–H and O–H groups in total. The van der Waals surface area contributed by atoms with Crippen LogP contribution < -0.4 is 14.8 Å². The van der Waals surface area contributed by atoms with Gasteiger partial charge in [0.15, 0.2) is 0 Å². The molecule has 0 bridgehead atoms. The van der Waals surface area contributed by atoms with Gasteiger partial charge in [0, 0.05) is 31.3 Å². The lowest BCUT2D eigenvalue weighted by atomic mass is 10.1. The van der Waals surface area contributed by atoms with Crippen molar-refractivity contribution in [1.82, 2.24) is 9.62 Å². The van der Waals surface area contributed by atoms with Crippen molar-refractivity contribution in [1.29, 1.82) is 0 Å². The maximum atomic E-state index is 14.5. The molecule has 2 atom stereocenters. The zero-order chi connectivity index (χ0) is 26.1. The first-order chi connectivity index (χ1) is 16.7. The van der Waals surface area contributed by atoms with Crippen LogP contribution >= 0.6 is 11.9 Å². The summed E-state index contributed by atoms with van der Waals surface area (Å²) in [5.41, 5.74) is 2.94. The Morgan fingerprint density at radius 2 is 1.86 bits per heavy atom. The molecule has 1 aliphatic rings. The number of methoxy groups -OCH3 is 1. The molecular weight excluding hydrogens is 468 g/mol. The van der Waals surface area contributed by atoms with Gasteiger partial charge in [-0.15, -0.1) is 0 Å². The number of hydrogen-bond acceptors (Lipinski definition) is 6. The summed E-state index contributed by atoms with van der Waals surface area (Å²) >= 11 is 1.46. The Hall–Kier alpha value is -3.00. The average molecular weight is 504 g/mol. The molecule has 0 spiro atoms. The topological polar surface area (TPSA) is 53.6 Å². The third kappa shape index (κ3) is 7.75. The van der Waals surface area contributed by atoms with Crippen molar-refractivity contribution < 1.29 is 18.3 Å². The van der Waals surface area contributed by atoms with Crippen LogP contribution in [0.2, 0.25) is 0 Å². The van der Waals surface area contributed by atoms with Crippen molar-refractivity contribution in [2.24, 2.45) is 0 Å². The second-order valence-corrected chi connectivity index (χ2v) is 9.30. The van der Waals surface area contributed by atoms with E-state index in [1.807, 2.05) is 45.8 Å². The summed E-state index contributed by atoms with van der Waals surface area (Å²) in [4.78, 5) is 13.1. The molecule has 0 heterocycles. The number of carbonyl (C=O) groups excluding carboxylic acids is 1. The second-order valence-electron chi connectivity index (χ2n) is 8.26. The molecule has 0 aliphatic heterocycles. The van der Waals surface area contributed by atoms with Gasteiger partial charge in [-0.2, -0.15) is 0 Å². The number of rotatable bonds is 10. The second kappa shape index (κ2) is 13.2. The van der Waals surface area contributed by atoms with Gasteiger partial charge >= 0.3 is 0 Å². The van der Waals surface area contributed by atoms with E-state index < -0.39 is 0 Å². The van der Waals surface area contributed by atoms with E-state index in [1.165, 1.54) is 31.2 Å². The summed E-state index contributed by atoms with van der Waals surface area (Å²) in [5.74, 6) is 0.523. The highest BCUT2D eigenvalue weighted by Gasteiger charge is 2.41. The highest BCUT2D eigenvalue weighted by molar-refractivity contribution is 7.98. The van der Waals surface area contributed by atoms with Crippen molar-refractivity contribution in [2.75, 3.05) is 26.5 Å². The number of hydrogen-bond donors (Lipinski definition) is 2. The lowest BCUT2D eigenvalue weighted by Crippen LogP contribution is -2.24. The highest BCUT2D eigenvalue weighted by atomic mass is 32.2. The van der Waals surface area contributed by atoms with Crippen molar-refractivity contribution in [3.8, 4) is 5.75 Å². The van der Waals surface area contributed by atoms with Crippen LogP contribution in [-0.4, -0.2) is 37.6 Å². The van der Waals surface area contributed by atoms with Crippen LogP contribution in [0.25, 0.3) is 0 Å². The Morgan fingerprint density at radius 1 is 1.14 bits per heavy atom. The number of aryl methyl sites for hydroxylation is 1. The molecule has 35 heavy (non-hydrogen) atoms. The Balaban J connectivity index is 0.00000210. The lowest BCUT2D eigenvalue weighted by Gasteiger charge is -2.23. The van der Waals surface area contributed by atoms with E-state index in [0.717, 1.165) is 18.3 Å². The van der Waals surface area contributed by atoms with E-state index in [-0.39, 0.29) is 22.8 Å². The molecule has 2 aromatic rings. The molecule has 0 radical (unpaired) electrons. The van der Waals surface area contributed by atoms with E-state index in [9.17, 15) is 13.6 Å². The number of nitrogens with one attached hydrogen (secondary N) is 2. The fraction of sp³-hybridized carbons (Fsp3) is 0.370. The SMILES string of the molecule is CC.COc1ccc(C2CC2SNC(/C=C(/C)C=O)=C(\Nc2ccc(C)cc2F)N(C)C)c(F)c1. The van der Waals surface area contributed by atoms with Crippen LogP contribution in [0.4, 0.5) is 14.5 Å². The Morgan fingerprint density at radius 3 is 2.43 bits per heavy atom. The van der Waals surface area contributed by atoms with E-state index in [0.29, 0.717) is 34.1 Å². The predicted octanol–water partition coefficient (Wildman–Crippen LogP) is 6.39. The smallest absolute Gasteiger partial charge is 0.146 e. The van der Waals surface area contributed by atoms with Crippen molar-refractivity contribution >= 4 is 23.9 Å². The van der Waals surface area contributed by atoms with Gasteiger partial charge in [-0.3, -0.25) is 4.79 Å². The molecule has 3 rings (SSSR count). The van der Waals surface area contributed by atoms with Crippen LogP contribution in [0.15, 0.2) is 59.6 Å². The maximum absolute atomic E-state index is 14.5. The predicted molar refractivity (Wildman–Crippen MR) is 141 cm³/mol. The molecule has 0 saturated heterocycles.